The lowest BCUT2D eigenvalue weighted by molar-refractivity contribution is 0.660. The highest BCUT2D eigenvalue weighted by molar-refractivity contribution is 5.84. The summed E-state index contributed by atoms with van der Waals surface area (Å²) in [5.41, 5.74) is 18.4. The Morgan fingerprint density at radius 1 is 0.345 bits per heavy atom. The smallest absolute Gasteiger partial charge is 0.164 e. The lowest BCUT2D eigenvalue weighted by Gasteiger charge is -2.22. The van der Waals surface area contributed by atoms with Crippen LogP contribution in [0.2, 0.25) is 0 Å². The molecule has 0 saturated heterocycles. The molecule has 3 heteroatoms. The molecular formula is C52H43N3. The Morgan fingerprint density at radius 2 is 0.764 bits per heavy atom. The van der Waals surface area contributed by atoms with E-state index in [2.05, 4.69) is 173 Å². The van der Waals surface area contributed by atoms with Crippen LogP contribution in [0.3, 0.4) is 0 Å². The van der Waals surface area contributed by atoms with E-state index < -0.39 is 0 Å². The maximum Gasteiger partial charge on any atom is 0.164 e. The number of hydrogen-bond donors (Lipinski definition) is 0. The number of rotatable bonds is 8. The fourth-order valence-corrected chi connectivity index (χ4v) is 8.28. The highest BCUT2D eigenvalue weighted by atomic mass is 15.0. The van der Waals surface area contributed by atoms with Crippen LogP contribution in [0.15, 0.2) is 164 Å². The molecule has 0 saturated carbocycles. The number of benzene rings is 7. The van der Waals surface area contributed by atoms with Gasteiger partial charge in [0.2, 0.25) is 0 Å². The number of aryl methyl sites for hydroxylation is 2. The molecule has 0 radical (unpaired) electrons. The average Bonchev–Trinajstić information content (AvgIpc) is 3.49. The first-order valence-corrected chi connectivity index (χ1v) is 19.4. The molecule has 7 aromatic carbocycles. The van der Waals surface area contributed by atoms with E-state index in [1.54, 1.807) is 0 Å². The molecule has 3 nitrogen and oxygen atoms in total. The minimum atomic E-state index is -0.0422. The van der Waals surface area contributed by atoms with E-state index >= 15 is 0 Å². The summed E-state index contributed by atoms with van der Waals surface area (Å²) in [6.07, 6.45) is 1.98. The molecule has 0 bridgehead atoms. The van der Waals surface area contributed by atoms with Crippen LogP contribution < -0.4 is 0 Å². The summed E-state index contributed by atoms with van der Waals surface area (Å²) in [4.78, 5) is 15.1. The van der Waals surface area contributed by atoms with Crippen molar-refractivity contribution < 1.29 is 0 Å². The molecule has 9 rings (SSSR count). The second-order valence-corrected chi connectivity index (χ2v) is 15.0. The van der Waals surface area contributed by atoms with Crippen molar-refractivity contribution in [2.45, 2.75) is 46.0 Å². The quantitative estimate of drug-likeness (QED) is 0.158. The minimum Gasteiger partial charge on any atom is -0.208 e. The minimum absolute atomic E-state index is 0.0422. The summed E-state index contributed by atoms with van der Waals surface area (Å²) in [5.74, 6) is 1.96. The molecule has 266 valence electrons. The van der Waals surface area contributed by atoms with Crippen molar-refractivity contribution in [3.05, 3.63) is 186 Å². The zero-order valence-corrected chi connectivity index (χ0v) is 31.8. The summed E-state index contributed by atoms with van der Waals surface area (Å²) in [5, 5.41) is 0. The van der Waals surface area contributed by atoms with E-state index in [-0.39, 0.29) is 5.41 Å². The van der Waals surface area contributed by atoms with Gasteiger partial charge in [-0.1, -0.05) is 185 Å². The second-order valence-electron chi connectivity index (χ2n) is 15.0. The summed E-state index contributed by atoms with van der Waals surface area (Å²) >= 11 is 0. The monoisotopic (exact) mass is 709 g/mol. The van der Waals surface area contributed by atoms with Gasteiger partial charge in [0.05, 0.1) is 0 Å². The van der Waals surface area contributed by atoms with Crippen molar-refractivity contribution in [2.75, 3.05) is 0 Å². The molecule has 0 N–H and O–H groups in total. The van der Waals surface area contributed by atoms with Gasteiger partial charge in [-0.2, -0.15) is 0 Å². The highest BCUT2D eigenvalue weighted by Gasteiger charge is 2.35. The van der Waals surface area contributed by atoms with Crippen LogP contribution in [0.5, 0.6) is 0 Å². The molecule has 0 aliphatic heterocycles. The lowest BCUT2D eigenvalue weighted by atomic mass is 9.81. The van der Waals surface area contributed by atoms with Gasteiger partial charge in [-0.05, 0) is 85.7 Å². The Bertz CT molecular complexity index is 2670. The standard InChI is InChI=1S/C52H43N3/c1-5-34-14-10-11-17-43(34)44-30-28-41(32-35(44)6-2)36-20-24-39(25-21-36)50-53-49(38-15-8-7-9-16-38)54-51(55-50)40-26-22-37(23-27-40)42-29-31-46-45-18-12-13-19-47(45)52(3,4)48(46)33-42/h7-33H,5-6H2,1-4H3. The maximum absolute atomic E-state index is 5.06. The van der Waals surface area contributed by atoms with Gasteiger partial charge in [-0.15, -0.1) is 0 Å². The molecule has 0 atom stereocenters. The van der Waals surface area contributed by atoms with Crippen LogP contribution in [0.1, 0.15) is 49.9 Å². The van der Waals surface area contributed by atoms with E-state index in [1.807, 2.05) is 18.2 Å². The van der Waals surface area contributed by atoms with Gasteiger partial charge in [0, 0.05) is 22.1 Å². The molecule has 1 aliphatic carbocycles. The van der Waals surface area contributed by atoms with Crippen LogP contribution >= 0.6 is 0 Å². The van der Waals surface area contributed by atoms with Crippen molar-refractivity contribution in [1.82, 2.24) is 15.0 Å². The first kappa shape index (κ1) is 34.3. The van der Waals surface area contributed by atoms with E-state index in [0.717, 1.165) is 29.5 Å². The Balaban J connectivity index is 1.04. The molecule has 1 aromatic heterocycles. The van der Waals surface area contributed by atoms with Gasteiger partial charge in [0.1, 0.15) is 0 Å². The number of nitrogens with zero attached hydrogens (tertiary/aromatic N) is 3. The highest BCUT2D eigenvalue weighted by Crippen LogP contribution is 2.49. The van der Waals surface area contributed by atoms with Crippen molar-refractivity contribution in [2.24, 2.45) is 0 Å². The zero-order chi connectivity index (χ0) is 37.5. The van der Waals surface area contributed by atoms with Gasteiger partial charge < -0.3 is 0 Å². The number of aromatic nitrogens is 3. The lowest BCUT2D eigenvalue weighted by Crippen LogP contribution is -2.14. The topological polar surface area (TPSA) is 38.7 Å². The van der Waals surface area contributed by atoms with E-state index in [1.165, 1.54) is 66.8 Å². The van der Waals surface area contributed by atoms with Crippen molar-refractivity contribution in [1.29, 1.82) is 0 Å². The third-order valence-electron chi connectivity index (χ3n) is 11.4. The molecule has 55 heavy (non-hydrogen) atoms. The Morgan fingerprint density at radius 3 is 1.36 bits per heavy atom. The first-order valence-electron chi connectivity index (χ1n) is 19.4. The summed E-state index contributed by atoms with van der Waals surface area (Å²) in [7, 11) is 0. The van der Waals surface area contributed by atoms with Gasteiger partial charge in [-0.25, -0.2) is 15.0 Å². The molecule has 0 fully saturated rings. The normalized spacial score (nSPS) is 12.7. The first-order chi connectivity index (χ1) is 26.9. The van der Waals surface area contributed by atoms with E-state index in [4.69, 9.17) is 15.0 Å². The fraction of sp³-hybridized carbons (Fsp3) is 0.135. The Hall–Kier alpha value is -6.45. The molecule has 0 spiro atoms. The predicted molar refractivity (Wildman–Crippen MR) is 229 cm³/mol. The van der Waals surface area contributed by atoms with Gasteiger partial charge in [-0.3, -0.25) is 0 Å². The summed E-state index contributed by atoms with van der Waals surface area (Å²) in [6, 6.07) is 58.7. The van der Waals surface area contributed by atoms with Gasteiger partial charge in [0.25, 0.3) is 0 Å². The van der Waals surface area contributed by atoms with Gasteiger partial charge in [0.15, 0.2) is 17.5 Å². The Kier molecular flexibility index (Phi) is 8.79. The number of fused-ring (bicyclic) bond motifs is 3. The SMILES string of the molecule is CCc1ccccc1-c1ccc(-c2ccc(-c3nc(-c4ccccc4)nc(-c4ccc(-c5ccc6c(c5)C(C)(C)c5ccccc5-6)cc4)n3)cc2)cc1CC. The second kappa shape index (κ2) is 14.1. The zero-order valence-electron chi connectivity index (χ0n) is 31.8. The summed E-state index contributed by atoms with van der Waals surface area (Å²) < 4.78 is 0. The van der Waals surface area contributed by atoms with E-state index in [0.29, 0.717) is 17.5 Å². The van der Waals surface area contributed by atoms with Crippen LogP contribution in [-0.4, -0.2) is 15.0 Å². The van der Waals surface area contributed by atoms with Crippen molar-refractivity contribution in [3.8, 4) is 78.7 Å². The fourth-order valence-electron chi connectivity index (χ4n) is 8.28. The molecular weight excluding hydrogens is 667 g/mol. The largest absolute Gasteiger partial charge is 0.208 e. The molecule has 1 aliphatic rings. The van der Waals surface area contributed by atoms with Gasteiger partial charge >= 0.3 is 0 Å². The third-order valence-corrected chi connectivity index (χ3v) is 11.4. The van der Waals surface area contributed by atoms with E-state index in [9.17, 15) is 0 Å². The van der Waals surface area contributed by atoms with Crippen LogP contribution in [0.4, 0.5) is 0 Å². The maximum atomic E-state index is 5.06. The van der Waals surface area contributed by atoms with Crippen LogP contribution in [-0.2, 0) is 18.3 Å². The van der Waals surface area contributed by atoms with Crippen LogP contribution in [0, 0.1) is 0 Å². The van der Waals surface area contributed by atoms with Crippen LogP contribution in [0.25, 0.3) is 78.7 Å². The van der Waals surface area contributed by atoms with Crippen molar-refractivity contribution in [3.63, 3.8) is 0 Å². The molecule has 0 amide bonds. The third kappa shape index (κ3) is 6.26. The number of hydrogen-bond acceptors (Lipinski definition) is 3. The summed E-state index contributed by atoms with van der Waals surface area (Å²) in [6.45, 7) is 9.12. The Labute approximate surface area is 324 Å². The molecule has 0 unspecified atom stereocenters. The predicted octanol–water partition coefficient (Wildman–Crippen LogP) is 13.3. The molecule has 1 heterocycles. The molecule has 8 aromatic rings. The average molecular weight is 710 g/mol. The van der Waals surface area contributed by atoms with Crippen molar-refractivity contribution >= 4 is 0 Å².